The first-order valence-electron chi connectivity index (χ1n) is 7.64. The van der Waals surface area contributed by atoms with Crippen LogP contribution in [0.3, 0.4) is 0 Å². The van der Waals surface area contributed by atoms with Crippen LogP contribution < -0.4 is 10.6 Å². The van der Waals surface area contributed by atoms with Crippen molar-refractivity contribution in [1.29, 1.82) is 10.5 Å². The molecular weight excluding hydrogens is 336 g/mol. The molecule has 2 rings (SSSR count). The number of thioether (sulfide) groups is 1. The molecule has 0 aliphatic carbocycles. The van der Waals surface area contributed by atoms with Crippen molar-refractivity contribution in [1.82, 2.24) is 5.32 Å². The van der Waals surface area contributed by atoms with Crippen molar-refractivity contribution in [3.05, 3.63) is 40.4 Å². The predicted octanol–water partition coefficient (Wildman–Crippen LogP) is 2.70. The highest BCUT2D eigenvalue weighted by molar-refractivity contribution is 8.03. The van der Waals surface area contributed by atoms with Gasteiger partial charge in [0, 0.05) is 11.1 Å². The van der Waals surface area contributed by atoms with E-state index in [4.69, 9.17) is 0 Å². The Labute approximate surface area is 150 Å². The average Bonchev–Trinajstić information content (AvgIpc) is 2.52. The van der Waals surface area contributed by atoms with Crippen LogP contribution in [0, 0.1) is 40.9 Å². The first-order valence-corrected chi connectivity index (χ1v) is 8.62. The molecule has 0 spiro atoms. The Bertz CT molecular complexity index is 830. The highest BCUT2D eigenvalue weighted by Gasteiger charge is 2.44. The molecule has 1 atom stereocenters. The second-order valence-electron chi connectivity index (χ2n) is 6.30. The molecule has 0 fully saturated rings. The first kappa shape index (κ1) is 18.6. The van der Waals surface area contributed by atoms with Crippen LogP contribution in [-0.2, 0) is 9.59 Å². The lowest BCUT2D eigenvalue weighted by atomic mass is 9.72. The fourth-order valence-electron chi connectivity index (χ4n) is 2.59. The van der Waals surface area contributed by atoms with Crippen LogP contribution in [0.15, 0.2) is 34.9 Å². The van der Waals surface area contributed by atoms with Crippen LogP contribution in [0.4, 0.5) is 5.69 Å². The first-order chi connectivity index (χ1) is 11.8. The molecule has 0 aromatic heterocycles. The predicted molar refractivity (Wildman–Crippen MR) is 95.9 cm³/mol. The van der Waals surface area contributed by atoms with E-state index in [9.17, 15) is 20.1 Å². The SMILES string of the molecule is Cc1cccc(NC(=O)CSC2=C(C#N)C(C)(C)[C@@H](C#N)C(=O)N2)c1. The summed E-state index contributed by atoms with van der Waals surface area (Å²) in [6.07, 6.45) is 0. The maximum absolute atomic E-state index is 12.1. The number of rotatable bonds is 4. The molecule has 2 amide bonds. The van der Waals surface area contributed by atoms with Gasteiger partial charge in [-0.15, -0.1) is 0 Å². The number of nitrogens with one attached hydrogen (secondary N) is 2. The Balaban J connectivity index is 2.12. The zero-order chi connectivity index (χ0) is 18.6. The van der Waals surface area contributed by atoms with Crippen LogP contribution in [0.1, 0.15) is 19.4 Å². The van der Waals surface area contributed by atoms with Gasteiger partial charge in [0.2, 0.25) is 11.8 Å². The van der Waals surface area contributed by atoms with E-state index in [0.29, 0.717) is 16.3 Å². The van der Waals surface area contributed by atoms with E-state index in [-0.39, 0.29) is 11.7 Å². The van der Waals surface area contributed by atoms with Gasteiger partial charge in [0.25, 0.3) is 0 Å². The number of benzene rings is 1. The second kappa shape index (κ2) is 7.42. The van der Waals surface area contributed by atoms with Crippen molar-refractivity contribution < 1.29 is 9.59 Å². The summed E-state index contributed by atoms with van der Waals surface area (Å²) in [7, 11) is 0. The van der Waals surface area contributed by atoms with Gasteiger partial charge in [0.05, 0.1) is 28.5 Å². The third-order valence-electron chi connectivity index (χ3n) is 3.98. The number of amides is 2. The molecule has 7 heteroatoms. The van der Waals surface area contributed by atoms with Crippen molar-refractivity contribution >= 4 is 29.3 Å². The minimum atomic E-state index is -0.937. The molecule has 6 nitrogen and oxygen atoms in total. The molecule has 0 radical (unpaired) electrons. The van der Waals surface area contributed by atoms with Crippen LogP contribution in [-0.4, -0.2) is 17.6 Å². The van der Waals surface area contributed by atoms with Crippen LogP contribution in [0.2, 0.25) is 0 Å². The van der Waals surface area contributed by atoms with E-state index in [2.05, 4.69) is 16.7 Å². The quantitative estimate of drug-likeness (QED) is 0.865. The fraction of sp³-hybridized carbons (Fsp3) is 0.333. The Morgan fingerprint density at radius 3 is 2.72 bits per heavy atom. The van der Waals surface area contributed by atoms with E-state index in [1.165, 1.54) is 0 Å². The maximum Gasteiger partial charge on any atom is 0.243 e. The number of carbonyl (C=O) groups is 2. The molecular formula is C18H18N4O2S. The molecule has 1 aliphatic rings. The van der Waals surface area contributed by atoms with Gasteiger partial charge >= 0.3 is 0 Å². The Hall–Kier alpha value is -2.77. The zero-order valence-corrected chi connectivity index (χ0v) is 15.0. The van der Waals surface area contributed by atoms with Crippen molar-refractivity contribution in [2.75, 3.05) is 11.1 Å². The smallest absolute Gasteiger partial charge is 0.243 e. The van der Waals surface area contributed by atoms with Gasteiger partial charge in [-0.1, -0.05) is 37.7 Å². The van der Waals surface area contributed by atoms with E-state index in [1.54, 1.807) is 19.9 Å². The number of nitriles is 2. The summed E-state index contributed by atoms with van der Waals surface area (Å²) in [5.41, 5.74) is 1.13. The molecule has 0 bridgehead atoms. The molecule has 1 heterocycles. The number of carbonyl (C=O) groups excluding carboxylic acids is 2. The molecule has 1 aromatic carbocycles. The highest BCUT2D eigenvalue weighted by atomic mass is 32.2. The molecule has 0 saturated carbocycles. The molecule has 0 saturated heterocycles. The van der Waals surface area contributed by atoms with Gasteiger partial charge in [-0.3, -0.25) is 9.59 Å². The van der Waals surface area contributed by atoms with Gasteiger partial charge in [-0.25, -0.2) is 0 Å². The van der Waals surface area contributed by atoms with Gasteiger partial charge in [0.15, 0.2) is 0 Å². The lowest BCUT2D eigenvalue weighted by Gasteiger charge is -2.34. The van der Waals surface area contributed by atoms with Crippen LogP contribution in [0.25, 0.3) is 0 Å². The summed E-state index contributed by atoms with van der Waals surface area (Å²) in [6.45, 7) is 5.30. The maximum atomic E-state index is 12.1. The van der Waals surface area contributed by atoms with Gasteiger partial charge in [0.1, 0.15) is 5.92 Å². The summed E-state index contributed by atoms with van der Waals surface area (Å²) in [6, 6.07) is 11.4. The van der Waals surface area contributed by atoms with Crippen LogP contribution >= 0.6 is 11.8 Å². The van der Waals surface area contributed by atoms with Crippen molar-refractivity contribution in [2.45, 2.75) is 20.8 Å². The number of hydrogen-bond acceptors (Lipinski definition) is 5. The number of hydrogen-bond donors (Lipinski definition) is 2. The standard InChI is InChI=1S/C18H18N4O2S/c1-11-5-4-6-12(7-11)21-15(23)10-25-17-14(9-20)18(2,3)13(8-19)16(24)22-17/h4-7,13H,10H2,1-3H3,(H,21,23)(H,22,24)/t13-/m0/s1. The summed E-state index contributed by atoms with van der Waals surface area (Å²) in [4.78, 5) is 24.2. The van der Waals surface area contributed by atoms with Crippen LogP contribution in [0.5, 0.6) is 0 Å². The van der Waals surface area contributed by atoms with E-state index >= 15 is 0 Å². The van der Waals surface area contributed by atoms with E-state index in [1.807, 2.05) is 31.2 Å². The Morgan fingerprint density at radius 2 is 2.12 bits per heavy atom. The summed E-state index contributed by atoms with van der Waals surface area (Å²) in [5.74, 6) is -1.59. The van der Waals surface area contributed by atoms with E-state index in [0.717, 1.165) is 17.3 Å². The fourth-order valence-corrected chi connectivity index (χ4v) is 3.57. The lowest BCUT2D eigenvalue weighted by Crippen LogP contribution is -2.44. The third kappa shape index (κ3) is 4.01. The second-order valence-corrected chi connectivity index (χ2v) is 7.28. The van der Waals surface area contributed by atoms with Gasteiger partial charge in [-0.2, -0.15) is 10.5 Å². The summed E-state index contributed by atoms with van der Waals surface area (Å²) in [5, 5.41) is 24.3. The van der Waals surface area contributed by atoms with Crippen molar-refractivity contribution in [3.63, 3.8) is 0 Å². The molecule has 25 heavy (non-hydrogen) atoms. The Kier molecular flexibility index (Phi) is 5.51. The third-order valence-corrected chi connectivity index (χ3v) is 4.98. The molecule has 2 N–H and O–H groups in total. The number of nitrogens with zero attached hydrogens (tertiary/aromatic N) is 2. The summed E-state index contributed by atoms with van der Waals surface area (Å²) < 4.78 is 0. The lowest BCUT2D eigenvalue weighted by molar-refractivity contribution is -0.125. The number of aryl methyl sites for hydroxylation is 1. The minimum absolute atomic E-state index is 0.0437. The molecule has 1 aromatic rings. The topological polar surface area (TPSA) is 106 Å². The largest absolute Gasteiger partial charge is 0.325 e. The average molecular weight is 354 g/mol. The van der Waals surface area contributed by atoms with Crippen molar-refractivity contribution in [2.24, 2.45) is 11.3 Å². The van der Waals surface area contributed by atoms with Crippen molar-refractivity contribution in [3.8, 4) is 12.1 Å². The monoisotopic (exact) mass is 354 g/mol. The molecule has 0 unspecified atom stereocenters. The summed E-state index contributed by atoms with van der Waals surface area (Å²) >= 11 is 1.08. The van der Waals surface area contributed by atoms with Gasteiger partial charge < -0.3 is 10.6 Å². The highest BCUT2D eigenvalue weighted by Crippen LogP contribution is 2.41. The number of anilines is 1. The zero-order valence-electron chi connectivity index (χ0n) is 14.2. The van der Waals surface area contributed by atoms with E-state index < -0.39 is 17.2 Å². The minimum Gasteiger partial charge on any atom is -0.325 e. The normalized spacial score (nSPS) is 18.8. The van der Waals surface area contributed by atoms with Gasteiger partial charge in [-0.05, 0) is 24.6 Å². The molecule has 1 aliphatic heterocycles. The number of allylic oxidation sites excluding steroid dienone is 1. The molecule has 128 valence electrons. The Morgan fingerprint density at radius 1 is 1.40 bits per heavy atom.